The molecule has 1 aliphatic heterocycles. The Labute approximate surface area is 151 Å². The number of para-hydroxylation sites is 1. The van der Waals surface area contributed by atoms with Crippen LogP contribution < -0.4 is 4.90 Å². The number of carbonyl (C=O) groups excluding carboxylic acids is 2. The predicted octanol–water partition coefficient (Wildman–Crippen LogP) is 3.87. The zero-order valence-corrected chi connectivity index (χ0v) is 14.6. The van der Waals surface area contributed by atoms with Crippen molar-refractivity contribution in [3.63, 3.8) is 0 Å². The molecule has 25 heavy (non-hydrogen) atoms. The molecule has 1 aliphatic rings. The van der Waals surface area contributed by atoms with Gasteiger partial charge in [0.2, 0.25) is 0 Å². The van der Waals surface area contributed by atoms with E-state index in [9.17, 15) is 9.59 Å². The molecule has 5 heteroatoms. The van der Waals surface area contributed by atoms with Gasteiger partial charge in [0.25, 0.3) is 5.91 Å². The van der Waals surface area contributed by atoms with Gasteiger partial charge in [-0.25, -0.2) is 4.79 Å². The first kappa shape index (κ1) is 17.2. The van der Waals surface area contributed by atoms with E-state index in [2.05, 4.69) is 0 Å². The van der Waals surface area contributed by atoms with Crippen LogP contribution in [0.5, 0.6) is 0 Å². The molecule has 0 bridgehead atoms. The Morgan fingerprint density at radius 3 is 2.84 bits per heavy atom. The van der Waals surface area contributed by atoms with Gasteiger partial charge >= 0.3 is 5.97 Å². The van der Waals surface area contributed by atoms with E-state index in [-0.39, 0.29) is 18.6 Å². The second kappa shape index (κ2) is 7.53. The van der Waals surface area contributed by atoms with Crippen molar-refractivity contribution in [2.45, 2.75) is 19.4 Å². The normalized spacial score (nSPS) is 16.1. The second-order valence-electron chi connectivity index (χ2n) is 5.94. The average Bonchev–Trinajstić information content (AvgIpc) is 2.93. The van der Waals surface area contributed by atoms with Crippen LogP contribution in [-0.2, 0) is 20.7 Å². The number of hydrogen-bond donors (Lipinski definition) is 0. The van der Waals surface area contributed by atoms with Crippen LogP contribution in [0.25, 0.3) is 6.08 Å². The van der Waals surface area contributed by atoms with Crippen LogP contribution in [0.1, 0.15) is 18.1 Å². The molecular weight excluding hydrogens is 338 g/mol. The highest BCUT2D eigenvalue weighted by Crippen LogP contribution is 2.31. The van der Waals surface area contributed by atoms with Crippen molar-refractivity contribution < 1.29 is 14.3 Å². The van der Waals surface area contributed by atoms with Gasteiger partial charge in [-0.05, 0) is 48.7 Å². The first-order valence-electron chi connectivity index (χ1n) is 8.05. The maximum atomic E-state index is 12.4. The molecule has 0 saturated carbocycles. The lowest BCUT2D eigenvalue weighted by atomic mass is 10.1. The first-order valence-corrected chi connectivity index (χ1v) is 8.43. The molecule has 0 aromatic heterocycles. The topological polar surface area (TPSA) is 46.6 Å². The van der Waals surface area contributed by atoms with E-state index in [0.717, 1.165) is 23.2 Å². The molecule has 1 unspecified atom stereocenters. The number of fused-ring (bicyclic) bond motifs is 1. The summed E-state index contributed by atoms with van der Waals surface area (Å²) < 4.78 is 5.08. The number of benzene rings is 2. The molecular formula is C20H18ClNO3. The molecule has 0 fully saturated rings. The van der Waals surface area contributed by atoms with E-state index < -0.39 is 5.97 Å². The molecule has 0 aliphatic carbocycles. The van der Waals surface area contributed by atoms with Gasteiger partial charge < -0.3 is 9.64 Å². The Hall–Kier alpha value is -2.59. The minimum atomic E-state index is -0.562. The third kappa shape index (κ3) is 4.09. The number of rotatable bonds is 4. The minimum Gasteiger partial charge on any atom is -0.452 e. The fourth-order valence-corrected chi connectivity index (χ4v) is 3.17. The van der Waals surface area contributed by atoms with Crippen molar-refractivity contribution in [1.82, 2.24) is 0 Å². The largest absolute Gasteiger partial charge is 0.452 e. The van der Waals surface area contributed by atoms with E-state index in [4.69, 9.17) is 16.3 Å². The van der Waals surface area contributed by atoms with Crippen molar-refractivity contribution in [2.24, 2.45) is 0 Å². The lowest BCUT2D eigenvalue weighted by Crippen LogP contribution is -2.38. The van der Waals surface area contributed by atoms with Crippen LogP contribution in [-0.4, -0.2) is 24.5 Å². The molecule has 4 nitrogen and oxygen atoms in total. The summed E-state index contributed by atoms with van der Waals surface area (Å²) in [5, 5.41) is 0.590. The molecule has 1 amide bonds. The van der Waals surface area contributed by atoms with Crippen LogP contribution in [0, 0.1) is 0 Å². The van der Waals surface area contributed by atoms with E-state index in [0.29, 0.717) is 5.02 Å². The number of anilines is 1. The smallest absolute Gasteiger partial charge is 0.331 e. The van der Waals surface area contributed by atoms with Crippen molar-refractivity contribution in [1.29, 1.82) is 0 Å². The van der Waals surface area contributed by atoms with Gasteiger partial charge in [0, 0.05) is 22.8 Å². The van der Waals surface area contributed by atoms with Crippen LogP contribution in [0.15, 0.2) is 54.6 Å². The number of ether oxygens (including phenoxy) is 1. The summed E-state index contributed by atoms with van der Waals surface area (Å²) in [5.74, 6) is -0.782. The Balaban J connectivity index is 1.58. The predicted molar refractivity (Wildman–Crippen MR) is 98.5 cm³/mol. The van der Waals surface area contributed by atoms with Gasteiger partial charge in [0.15, 0.2) is 6.61 Å². The fraction of sp³-hybridized carbons (Fsp3) is 0.200. The summed E-state index contributed by atoms with van der Waals surface area (Å²) in [7, 11) is 0. The van der Waals surface area contributed by atoms with E-state index >= 15 is 0 Å². The maximum absolute atomic E-state index is 12.4. The first-order chi connectivity index (χ1) is 12.0. The van der Waals surface area contributed by atoms with Gasteiger partial charge in [0.1, 0.15) is 0 Å². The molecule has 2 aromatic carbocycles. The number of halogens is 1. The molecule has 0 radical (unpaired) electrons. The van der Waals surface area contributed by atoms with Crippen molar-refractivity contribution in [3.05, 3.63) is 70.8 Å². The number of amides is 1. The quantitative estimate of drug-likeness (QED) is 0.617. The highest BCUT2D eigenvalue weighted by Gasteiger charge is 2.30. The summed E-state index contributed by atoms with van der Waals surface area (Å²) in [6.07, 6.45) is 3.71. The number of esters is 1. The summed E-state index contributed by atoms with van der Waals surface area (Å²) in [6, 6.07) is 15.0. The van der Waals surface area contributed by atoms with Crippen molar-refractivity contribution >= 4 is 35.2 Å². The number of hydrogen-bond acceptors (Lipinski definition) is 3. The third-order valence-electron chi connectivity index (χ3n) is 4.07. The lowest BCUT2D eigenvalue weighted by Gasteiger charge is -2.22. The van der Waals surface area contributed by atoms with Crippen LogP contribution in [0.2, 0.25) is 5.02 Å². The summed E-state index contributed by atoms with van der Waals surface area (Å²) in [6.45, 7) is 1.70. The van der Waals surface area contributed by atoms with Crippen LogP contribution >= 0.6 is 11.6 Å². The van der Waals surface area contributed by atoms with E-state index in [1.54, 1.807) is 29.2 Å². The Kier molecular flexibility index (Phi) is 5.19. The molecule has 0 N–H and O–H groups in total. The Bertz CT molecular complexity index is 831. The zero-order chi connectivity index (χ0) is 17.8. The molecule has 0 saturated heterocycles. The molecule has 128 valence electrons. The fourth-order valence-electron chi connectivity index (χ4n) is 2.97. The molecule has 1 heterocycles. The van der Waals surface area contributed by atoms with Crippen molar-refractivity contribution in [3.8, 4) is 0 Å². The number of carbonyl (C=O) groups is 2. The Morgan fingerprint density at radius 1 is 1.24 bits per heavy atom. The number of nitrogens with zero attached hydrogens (tertiary/aromatic N) is 1. The lowest BCUT2D eigenvalue weighted by molar-refractivity contribution is -0.143. The monoisotopic (exact) mass is 355 g/mol. The van der Waals surface area contributed by atoms with E-state index in [1.165, 1.54) is 6.08 Å². The summed E-state index contributed by atoms with van der Waals surface area (Å²) in [5.41, 5.74) is 2.82. The SMILES string of the molecule is CC1Cc2ccccc2N1C(=O)COC(=O)/C=C/c1cccc(Cl)c1. The van der Waals surface area contributed by atoms with E-state index in [1.807, 2.05) is 37.3 Å². The van der Waals surface area contributed by atoms with Gasteiger partial charge in [-0.15, -0.1) is 0 Å². The highest BCUT2D eigenvalue weighted by molar-refractivity contribution is 6.30. The molecule has 3 rings (SSSR count). The average molecular weight is 356 g/mol. The Morgan fingerprint density at radius 2 is 2.04 bits per heavy atom. The van der Waals surface area contributed by atoms with Gasteiger partial charge in [-0.3, -0.25) is 4.79 Å². The zero-order valence-electron chi connectivity index (χ0n) is 13.8. The summed E-state index contributed by atoms with van der Waals surface area (Å²) >= 11 is 5.89. The second-order valence-corrected chi connectivity index (χ2v) is 6.38. The molecule has 0 spiro atoms. The third-order valence-corrected chi connectivity index (χ3v) is 4.31. The van der Waals surface area contributed by atoms with Gasteiger partial charge in [0.05, 0.1) is 0 Å². The highest BCUT2D eigenvalue weighted by atomic mass is 35.5. The van der Waals surface area contributed by atoms with Crippen LogP contribution in [0.4, 0.5) is 5.69 Å². The van der Waals surface area contributed by atoms with Gasteiger partial charge in [-0.1, -0.05) is 41.9 Å². The van der Waals surface area contributed by atoms with Crippen molar-refractivity contribution in [2.75, 3.05) is 11.5 Å². The van der Waals surface area contributed by atoms with Crippen LogP contribution in [0.3, 0.4) is 0 Å². The van der Waals surface area contributed by atoms with Gasteiger partial charge in [-0.2, -0.15) is 0 Å². The summed E-state index contributed by atoms with van der Waals surface area (Å²) in [4.78, 5) is 26.0. The maximum Gasteiger partial charge on any atom is 0.331 e. The standard InChI is InChI=1S/C20H18ClNO3/c1-14-11-16-6-2-3-8-18(16)22(14)19(23)13-25-20(24)10-9-15-5-4-7-17(21)12-15/h2-10,12,14H,11,13H2,1H3/b10-9+. The molecule has 2 aromatic rings. The minimum absolute atomic E-state index is 0.0607. The molecule has 1 atom stereocenters.